The van der Waals surface area contributed by atoms with Crippen LogP contribution in [0.1, 0.15) is 38.4 Å². The lowest BCUT2D eigenvalue weighted by atomic mass is 10.2. The Kier molecular flexibility index (Phi) is 3.56. The standard InChI is InChI=1S/C11H20N4O/c1-8(2)11-13-10(14-16-11)7-15-5-4-12-9(3)6-15/h8-9,12H,4-7H2,1-3H3. The van der Waals surface area contributed by atoms with Crippen LogP contribution in [0.2, 0.25) is 0 Å². The maximum Gasteiger partial charge on any atom is 0.229 e. The zero-order valence-corrected chi connectivity index (χ0v) is 10.2. The third kappa shape index (κ3) is 2.80. The molecule has 2 rings (SSSR count). The quantitative estimate of drug-likeness (QED) is 0.829. The molecular formula is C11H20N4O. The van der Waals surface area contributed by atoms with Crippen LogP contribution in [-0.2, 0) is 6.54 Å². The van der Waals surface area contributed by atoms with E-state index in [1.165, 1.54) is 0 Å². The molecule has 1 aliphatic heterocycles. The van der Waals surface area contributed by atoms with Gasteiger partial charge in [0.2, 0.25) is 5.89 Å². The minimum Gasteiger partial charge on any atom is -0.339 e. The largest absolute Gasteiger partial charge is 0.339 e. The first-order valence-corrected chi connectivity index (χ1v) is 5.93. The van der Waals surface area contributed by atoms with Gasteiger partial charge in [0.25, 0.3) is 0 Å². The number of nitrogens with zero attached hydrogens (tertiary/aromatic N) is 3. The Balaban J connectivity index is 1.92. The molecule has 5 nitrogen and oxygen atoms in total. The molecule has 0 amide bonds. The van der Waals surface area contributed by atoms with E-state index in [2.05, 4.69) is 41.1 Å². The Bertz CT molecular complexity index is 336. The number of rotatable bonds is 3. The second-order valence-electron chi connectivity index (χ2n) is 4.79. The van der Waals surface area contributed by atoms with Crippen molar-refractivity contribution in [3.63, 3.8) is 0 Å². The van der Waals surface area contributed by atoms with Crippen molar-refractivity contribution in [2.24, 2.45) is 0 Å². The molecule has 1 aliphatic rings. The van der Waals surface area contributed by atoms with Crippen molar-refractivity contribution < 1.29 is 4.52 Å². The fraction of sp³-hybridized carbons (Fsp3) is 0.818. The topological polar surface area (TPSA) is 54.2 Å². The Labute approximate surface area is 96.2 Å². The van der Waals surface area contributed by atoms with Crippen molar-refractivity contribution in [1.82, 2.24) is 20.4 Å². The summed E-state index contributed by atoms with van der Waals surface area (Å²) in [5.41, 5.74) is 0. The van der Waals surface area contributed by atoms with Crippen molar-refractivity contribution in [3.05, 3.63) is 11.7 Å². The zero-order valence-electron chi connectivity index (χ0n) is 10.2. The van der Waals surface area contributed by atoms with E-state index in [1.54, 1.807) is 0 Å². The smallest absolute Gasteiger partial charge is 0.229 e. The monoisotopic (exact) mass is 224 g/mol. The average Bonchev–Trinajstić information content (AvgIpc) is 2.66. The number of nitrogens with one attached hydrogen (secondary N) is 1. The highest BCUT2D eigenvalue weighted by atomic mass is 16.5. The first-order chi connectivity index (χ1) is 7.65. The highest BCUT2D eigenvalue weighted by Crippen LogP contribution is 2.12. The fourth-order valence-electron chi connectivity index (χ4n) is 1.92. The second kappa shape index (κ2) is 4.93. The van der Waals surface area contributed by atoms with Crippen LogP contribution >= 0.6 is 0 Å². The molecule has 0 aromatic carbocycles. The summed E-state index contributed by atoms with van der Waals surface area (Å²) in [7, 11) is 0. The van der Waals surface area contributed by atoms with Gasteiger partial charge >= 0.3 is 0 Å². The summed E-state index contributed by atoms with van der Waals surface area (Å²) in [4.78, 5) is 6.75. The number of piperazine rings is 1. The van der Waals surface area contributed by atoms with Gasteiger partial charge in [-0.25, -0.2) is 0 Å². The number of hydrogen-bond donors (Lipinski definition) is 1. The van der Waals surface area contributed by atoms with Gasteiger partial charge in [-0.1, -0.05) is 19.0 Å². The van der Waals surface area contributed by atoms with E-state index in [-0.39, 0.29) is 0 Å². The maximum atomic E-state index is 5.19. The Morgan fingerprint density at radius 1 is 1.56 bits per heavy atom. The average molecular weight is 224 g/mol. The summed E-state index contributed by atoms with van der Waals surface area (Å²) in [6, 6.07) is 0.547. The highest BCUT2D eigenvalue weighted by molar-refractivity contribution is 4.91. The predicted octanol–water partition coefficient (Wildman–Crippen LogP) is 0.987. The van der Waals surface area contributed by atoms with Crippen molar-refractivity contribution in [3.8, 4) is 0 Å². The van der Waals surface area contributed by atoms with E-state index in [0.29, 0.717) is 12.0 Å². The molecule has 0 aliphatic carbocycles. The van der Waals surface area contributed by atoms with Gasteiger partial charge in [-0.15, -0.1) is 0 Å². The summed E-state index contributed by atoms with van der Waals surface area (Å²) in [5.74, 6) is 1.85. The van der Waals surface area contributed by atoms with Crippen LogP contribution in [0.3, 0.4) is 0 Å². The van der Waals surface area contributed by atoms with Gasteiger partial charge in [0.05, 0.1) is 6.54 Å². The fourth-order valence-corrected chi connectivity index (χ4v) is 1.92. The van der Waals surface area contributed by atoms with Gasteiger partial charge in [0.15, 0.2) is 5.82 Å². The molecule has 5 heteroatoms. The summed E-state index contributed by atoms with van der Waals surface area (Å²) in [5, 5.41) is 7.42. The molecule has 1 atom stereocenters. The van der Waals surface area contributed by atoms with E-state index in [4.69, 9.17) is 4.52 Å². The molecule has 2 heterocycles. The van der Waals surface area contributed by atoms with Crippen molar-refractivity contribution >= 4 is 0 Å². The van der Waals surface area contributed by atoms with Crippen LogP contribution in [0.15, 0.2) is 4.52 Å². The van der Waals surface area contributed by atoms with Crippen LogP contribution in [-0.4, -0.2) is 40.7 Å². The molecule has 0 saturated carbocycles. The summed E-state index contributed by atoms with van der Waals surface area (Å²) in [6.07, 6.45) is 0. The first-order valence-electron chi connectivity index (χ1n) is 5.93. The van der Waals surface area contributed by atoms with Crippen molar-refractivity contribution in [2.45, 2.75) is 39.3 Å². The van der Waals surface area contributed by atoms with E-state index >= 15 is 0 Å². The molecule has 1 saturated heterocycles. The molecule has 0 bridgehead atoms. The van der Waals surface area contributed by atoms with Gasteiger partial charge in [-0.2, -0.15) is 4.98 Å². The van der Waals surface area contributed by atoms with E-state index in [9.17, 15) is 0 Å². The molecule has 1 unspecified atom stereocenters. The molecule has 90 valence electrons. The van der Waals surface area contributed by atoms with E-state index in [0.717, 1.165) is 37.9 Å². The third-order valence-corrected chi connectivity index (χ3v) is 2.80. The van der Waals surface area contributed by atoms with Crippen LogP contribution in [0.5, 0.6) is 0 Å². The Hall–Kier alpha value is -0.940. The summed E-state index contributed by atoms with van der Waals surface area (Å²) < 4.78 is 5.19. The van der Waals surface area contributed by atoms with Crippen LogP contribution < -0.4 is 5.32 Å². The molecule has 1 N–H and O–H groups in total. The molecule has 1 aromatic heterocycles. The number of aromatic nitrogens is 2. The minimum absolute atomic E-state index is 0.309. The van der Waals surface area contributed by atoms with Crippen LogP contribution in [0.4, 0.5) is 0 Å². The van der Waals surface area contributed by atoms with Crippen molar-refractivity contribution in [1.29, 1.82) is 0 Å². The molecule has 1 aromatic rings. The molecule has 1 fully saturated rings. The lowest BCUT2D eigenvalue weighted by molar-refractivity contribution is 0.193. The van der Waals surface area contributed by atoms with Crippen LogP contribution in [0.25, 0.3) is 0 Å². The van der Waals surface area contributed by atoms with Gasteiger partial charge in [-0.3, -0.25) is 4.90 Å². The maximum absolute atomic E-state index is 5.19. The van der Waals surface area contributed by atoms with Gasteiger partial charge < -0.3 is 9.84 Å². The molecule has 0 radical (unpaired) electrons. The zero-order chi connectivity index (χ0) is 11.5. The SMILES string of the molecule is CC1CN(Cc2noc(C(C)C)n2)CCN1. The van der Waals surface area contributed by atoms with Gasteiger partial charge in [0, 0.05) is 31.6 Å². The molecular weight excluding hydrogens is 204 g/mol. The minimum atomic E-state index is 0.309. The normalized spacial score (nSPS) is 22.9. The second-order valence-corrected chi connectivity index (χ2v) is 4.79. The van der Waals surface area contributed by atoms with E-state index in [1.807, 2.05) is 0 Å². The lowest BCUT2D eigenvalue weighted by Crippen LogP contribution is -2.48. The van der Waals surface area contributed by atoms with E-state index < -0.39 is 0 Å². The summed E-state index contributed by atoms with van der Waals surface area (Å²) in [6.45, 7) is 10.2. The first kappa shape index (κ1) is 11.5. The van der Waals surface area contributed by atoms with Crippen molar-refractivity contribution in [2.75, 3.05) is 19.6 Å². The van der Waals surface area contributed by atoms with Gasteiger partial charge in [0.1, 0.15) is 0 Å². The van der Waals surface area contributed by atoms with Crippen LogP contribution in [0, 0.1) is 0 Å². The Morgan fingerprint density at radius 3 is 3.00 bits per heavy atom. The number of hydrogen-bond acceptors (Lipinski definition) is 5. The lowest BCUT2D eigenvalue weighted by Gasteiger charge is -2.30. The molecule has 16 heavy (non-hydrogen) atoms. The van der Waals surface area contributed by atoms with Gasteiger partial charge in [-0.05, 0) is 6.92 Å². The highest BCUT2D eigenvalue weighted by Gasteiger charge is 2.18. The molecule has 0 spiro atoms. The predicted molar refractivity (Wildman–Crippen MR) is 61.1 cm³/mol. The Morgan fingerprint density at radius 2 is 2.38 bits per heavy atom. The third-order valence-electron chi connectivity index (χ3n) is 2.80. The summed E-state index contributed by atoms with van der Waals surface area (Å²) >= 11 is 0.